The molecule has 0 aliphatic carbocycles. The van der Waals surface area contributed by atoms with Crippen LogP contribution in [0.1, 0.15) is 32.1 Å². The Morgan fingerprint density at radius 1 is 1.10 bits per heavy atom. The molecule has 8 nitrogen and oxygen atoms in total. The fourth-order valence-electron chi connectivity index (χ4n) is 4.21. The van der Waals surface area contributed by atoms with Gasteiger partial charge >= 0.3 is 5.69 Å². The summed E-state index contributed by atoms with van der Waals surface area (Å²) >= 11 is 0. The van der Waals surface area contributed by atoms with Gasteiger partial charge in [-0.15, -0.1) is 0 Å². The van der Waals surface area contributed by atoms with Crippen molar-refractivity contribution in [2.45, 2.75) is 44.4 Å². The highest BCUT2D eigenvalue weighted by molar-refractivity contribution is 5.69. The van der Waals surface area contributed by atoms with E-state index in [0.29, 0.717) is 30.9 Å². The summed E-state index contributed by atoms with van der Waals surface area (Å²) in [4.78, 5) is 18.1. The number of anilines is 3. The van der Waals surface area contributed by atoms with Gasteiger partial charge in [-0.25, -0.2) is 14.4 Å². The largest absolute Gasteiger partial charge is 0.341 e. The van der Waals surface area contributed by atoms with Crippen LogP contribution < -0.4 is 15.6 Å². The summed E-state index contributed by atoms with van der Waals surface area (Å²) < 4.78 is 14.3. The molecule has 2 N–H and O–H groups in total. The topological polar surface area (TPSA) is 91.8 Å². The van der Waals surface area contributed by atoms with E-state index in [1.165, 1.54) is 6.07 Å². The lowest BCUT2D eigenvalue weighted by Gasteiger charge is -2.39. The summed E-state index contributed by atoms with van der Waals surface area (Å²) in [5, 5.41) is 15.4. The molecule has 2 saturated heterocycles. The van der Waals surface area contributed by atoms with E-state index in [0.717, 1.165) is 25.8 Å². The van der Waals surface area contributed by atoms with Gasteiger partial charge in [0, 0.05) is 25.7 Å². The number of para-hydroxylation sites is 1. The summed E-state index contributed by atoms with van der Waals surface area (Å²) in [7, 11) is 0. The number of nitrogens with two attached hydrogens (primary N) is 1. The molecule has 2 unspecified atom stereocenters. The van der Waals surface area contributed by atoms with Crippen LogP contribution in [0.15, 0.2) is 42.5 Å². The van der Waals surface area contributed by atoms with E-state index in [9.17, 15) is 14.5 Å². The molecule has 2 aliphatic heterocycles. The standard InChI is InChI=1S/C21H27FN6O2/c22-16-7-6-13-25(15-16)27(17-8-2-1-3-9-17)21-18(28(29)30)11-12-20(24-21)26-14-5-4-10-19(26)23/h1-3,8-9,11-12,16,19H,4-7,10,13-15,23H2. The van der Waals surface area contributed by atoms with Crippen molar-refractivity contribution in [2.75, 3.05) is 29.5 Å². The summed E-state index contributed by atoms with van der Waals surface area (Å²) in [5.41, 5.74) is 6.88. The lowest BCUT2D eigenvalue weighted by molar-refractivity contribution is -0.384. The van der Waals surface area contributed by atoms with Gasteiger partial charge in [0.05, 0.1) is 16.8 Å². The molecule has 0 saturated carbocycles. The van der Waals surface area contributed by atoms with E-state index in [4.69, 9.17) is 10.7 Å². The molecule has 0 bridgehead atoms. The maximum Gasteiger partial charge on any atom is 0.313 e. The van der Waals surface area contributed by atoms with Gasteiger partial charge in [-0.2, -0.15) is 0 Å². The zero-order valence-electron chi connectivity index (χ0n) is 16.9. The summed E-state index contributed by atoms with van der Waals surface area (Å²) in [6, 6.07) is 12.4. The van der Waals surface area contributed by atoms with Gasteiger partial charge in [-0.1, -0.05) is 18.2 Å². The molecular formula is C21H27FN6O2. The van der Waals surface area contributed by atoms with Gasteiger partial charge in [0.1, 0.15) is 12.0 Å². The van der Waals surface area contributed by atoms with Crippen molar-refractivity contribution in [3.63, 3.8) is 0 Å². The van der Waals surface area contributed by atoms with Crippen molar-refractivity contribution < 1.29 is 9.31 Å². The fraction of sp³-hybridized carbons (Fsp3) is 0.476. The minimum Gasteiger partial charge on any atom is -0.341 e. The Morgan fingerprint density at radius 3 is 2.60 bits per heavy atom. The number of nitro groups is 1. The van der Waals surface area contributed by atoms with Crippen molar-refractivity contribution in [3.8, 4) is 0 Å². The molecule has 3 heterocycles. The van der Waals surface area contributed by atoms with Crippen LogP contribution in [0.5, 0.6) is 0 Å². The molecule has 4 rings (SSSR count). The van der Waals surface area contributed by atoms with E-state index < -0.39 is 11.1 Å². The maximum absolute atomic E-state index is 14.3. The third kappa shape index (κ3) is 4.22. The van der Waals surface area contributed by atoms with E-state index in [2.05, 4.69) is 0 Å². The van der Waals surface area contributed by atoms with Crippen LogP contribution in [0.25, 0.3) is 0 Å². The molecule has 2 fully saturated rings. The first-order chi connectivity index (χ1) is 14.5. The van der Waals surface area contributed by atoms with Crippen molar-refractivity contribution >= 4 is 23.0 Å². The number of hydrogen-bond donors (Lipinski definition) is 1. The smallest absolute Gasteiger partial charge is 0.313 e. The number of benzene rings is 1. The lowest BCUT2D eigenvalue weighted by Crippen LogP contribution is -2.48. The monoisotopic (exact) mass is 414 g/mol. The van der Waals surface area contributed by atoms with Gasteiger partial charge in [0.2, 0.25) is 5.82 Å². The number of rotatable bonds is 5. The Kier molecular flexibility index (Phi) is 6.10. The molecule has 2 aliphatic rings. The number of alkyl halides is 1. The Balaban J connectivity index is 1.81. The van der Waals surface area contributed by atoms with Gasteiger partial charge in [-0.05, 0) is 50.3 Å². The minimum atomic E-state index is -0.984. The summed E-state index contributed by atoms with van der Waals surface area (Å²) in [6.45, 7) is 1.52. The molecule has 1 aromatic carbocycles. The van der Waals surface area contributed by atoms with Crippen LogP contribution >= 0.6 is 0 Å². The fourth-order valence-corrected chi connectivity index (χ4v) is 4.21. The number of halogens is 1. The Morgan fingerprint density at radius 2 is 1.90 bits per heavy atom. The third-order valence-corrected chi connectivity index (χ3v) is 5.71. The second kappa shape index (κ2) is 8.93. The lowest BCUT2D eigenvalue weighted by atomic mass is 10.1. The second-order valence-electron chi connectivity index (χ2n) is 7.83. The zero-order chi connectivity index (χ0) is 21.1. The Hall–Kier alpha value is -2.78. The van der Waals surface area contributed by atoms with Crippen LogP contribution in [-0.2, 0) is 0 Å². The number of piperidine rings is 2. The molecule has 2 aromatic rings. The normalized spacial score (nSPS) is 22.7. The van der Waals surface area contributed by atoms with Crippen LogP contribution in [0.3, 0.4) is 0 Å². The van der Waals surface area contributed by atoms with Crippen molar-refractivity contribution in [1.29, 1.82) is 0 Å². The predicted octanol–water partition coefficient (Wildman–Crippen LogP) is 3.75. The predicted molar refractivity (Wildman–Crippen MR) is 114 cm³/mol. The first-order valence-corrected chi connectivity index (χ1v) is 10.5. The molecular weight excluding hydrogens is 387 g/mol. The molecule has 30 heavy (non-hydrogen) atoms. The highest BCUT2D eigenvalue weighted by atomic mass is 19.1. The zero-order valence-corrected chi connectivity index (χ0v) is 16.9. The van der Waals surface area contributed by atoms with Gasteiger partial charge in [0.25, 0.3) is 0 Å². The average Bonchev–Trinajstić information content (AvgIpc) is 2.75. The third-order valence-electron chi connectivity index (χ3n) is 5.71. The van der Waals surface area contributed by atoms with Gasteiger partial charge in [-0.3, -0.25) is 15.1 Å². The quantitative estimate of drug-likeness (QED) is 0.588. The highest BCUT2D eigenvalue weighted by Crippen LogP contribution is 2.37. The van der Waals surface area contributed by atoms with Crippen molar-refractivity contribution in [2.24, 2.45) is 5.73 Å². The van der Waals surface area contributed by atoms with E-state index >= 15 is 0 Å². The van der Waals surface area contributed by atoms with Crippen LogP contribution in [0.2, 0.25) is 0 Å². The van der Waals surface area contributed by atoms with Crippen LogP contribution in [0, 0.1) is 10.1 Å². The minimum absolute atomic E-state index is 0.117. The molecule has 0 radical (unpaired) electrons. The van der Waals surface area contributed by atoms with E-state index in [1.54, 1.807) is 11.1 Å². The maximum atomic E-state index is 14.3. The Labute approximate surface area is 175 Å². The van der Waals surface area contributed by atoms with Gasteiger partial charge in [0.15, 0.2) is 0 Å². The first kappa shape index (κ1) is 20.5. The molecule has 9 heteroatoms. The molecule has 160 valence electrons. The SMILES string of the molecule is NC1CCCCN1c1ccc([N+](=O)[O-])c(N(c2ccccc2)N2CCCC(F)C2)n1. The number of hydrogen-bond acceptors (Lipinski definition) is 7. The average molecular weight is 414 g/mol. The van der Waals surface area contributed by atoms with E-state index in [1.807, 2.05) is 40.2 Å². The summed E-state index contributed by atoms with van der Waals surface area (Å²) in [5.74, 6) is 0.799. The van der Waals surface area contributed by atoms with E-state index in [-0.39, 0.29) is 24.2 Å². The number of aromatic nitrogens is 1. The molecule has 0 amide bonds. The molecule has 2 atom stereocenters. The van der Waals surface area contributed by atoms with Crippen LogP contribution in [-0.4, -0.2) is 46.9 Å². The first-order valence-electron chi connectivity index (χ1n) is 10.5. The van der Waals surface area contributed by atoms with Gasteiger partial charge < -0.3 is 10.6 Å². The number of hydrazine groups is 1. The van der Waals surface area contributed by atoms with Crippen molar-refractivity contribution in [1.82, 2.24) is 9.99 Å². The Bertz CT molecular complexity index is 883. The molecule has 0 spiro atoms. The second-order valence-corrected chi connectivity index (χ2v) is 7.83. The summed E-state index contributed by atoms with van der Waals surface area (Å²) in [6.07, 6.45) is 2.93. The van der Waals surface area contributed by atoms with Crippen LogP contribution in [0.4, 0.5) is 27.4 Å². The number of pyridine rings is 1. The highest BCUT2D eigenvalue weighted by Gasteiger charge is 2.32. The molecule has 1 aromatic heterocycles. The van der Waals surface area contributed by atoms with Crippen molar-refractivity contribution in [3.05, 3.63) is 52.6 Å². The number of nitrogens with zero attached hydrogens (tertiary/aromatic N) is 5.